The van der Waals surface area contributed by atoms with Crippen LogP contribution in [0.5, 0.6) is 0 Å². The van der Waals surface area contributed by atoms with E-state index in [9.17, 15) is 0 Å². The Morgan fingerprint density at radius 3 is 2.29 bits per heavy atom. The Morgan fingerprint density at radius 2 is 1.86 bits per heavy atom. The minimum absolute atomic E-state index is 0.509. The summed E-state index contributed by atoms with van der Waals surface area (Å²) in [5.41, 5.74) is 0.509. The number of hydrogen-bond acceptors (Lipinski definition) is 2. The van der Waals surface area contributed by atoms with E-state index in [1.54, 1.807) is 0 Å². The largest absolute Gasteiger partial charge is 0.250 e. The van der Waals surface area contributed by atoms with Crippen LogP contribution in [0.25, 0.3) is 0 Å². The predicted octanol–water partition coefficient (Wildman–Crippen LogP) is 3.56. The fraction of sp³-hybridized carbons (Fsp3) is 1.00. The van der Waals surface area contributed by atoms with Crippen LogP contribution in [-0.4, -0.2) is 22.6 Å². The molecular weight excluding hydrogens is 190 g/mol. The maximum atomic E-state index is 2.62. The van der Waals surface area contributed by atoms with E-state index in [-0.39, 0.29) is 0 Å². The third-order valence-corrected chi connectivity index (χ3v) is 5.13. The lowest BCUT2D eigenvalue weighted by Crippen LogP contribution is -2.25. The quantitative estimate of drug-likeness (QED) is 0.645. The Hall–Kier alpha value is 0.310. The van der Waals surface area contributed by atoms with Gasteiger partial charge in [-0.05, 0) is 30.6 Å². The normalized spacial score (nSPS) is 30.6. The zero-order valence-corrected chi connectivity index (χ0v) is 10.6. The first-order valence-electron chi connectivity index (χ1n) is 5.97. The third-order valence-electron chi connectivity index (χ3n) is 3.73. The highest BCUT2D eigenvalue weighted by molar-refractivity contribution is 7.97. The molecule has 1 unspecified atom stereocenters. The maximum Gasteiger partial charge on any atom is 0.0195 e. The number of rotatable bonds is 2. The second-order valence-electron chi connectivity index (χ2n) is 5.90. The van der Waals surface area contributed by atoms with E-state index in [2.05, 4.69) is 37.0 Å². The lowest BCUT2D eigenvalue weighted by atomic mass is 9.80. The standard InChI is InChI=1S/C12H23NS/c1-12(2,3)10-7-8-13(9-10)14-11-5-4-6-11/h10-11H,4-9H2,1-3H3. The van der Waals surface area contributed by atoms with Gasteiger partial charge < -0.3 is 0 Å². The van der Waals surface area contributed by atoms with Crippen molar-refractivity contribution in [2.45, 2.75) is 51.7 Å². The van der Waals surface area contributed by atoms with Gasteiger partial charge in [-0.2, -0.15) is 0 Å². The van der Waals surface area contributed by atoms with Crippen LogP contribution in [0.1, 0.15) is 46.5 Å². The first kappa shape index (κ1) is 10.8. The minimum atomic E-state index is 0.509. The first-order valence-corrected chi connectivity index (χ1v) is 6.81. The molecule has 1 saturated heterocycles. The maximum absolute atomic E-state index is 2.62. The van der Waals surface area contributed by atoms with E-state index >= 15 is 0 Å². The molecule has 1 heterocycles. The Balaban J connectivity index is 1.76. The zero-order chi connectivity index (χ0) is 10.2. The van der Waals surface area contributed by atoms with Crippen LogP contribution < -0.4 is 0 Å². The van der Waals surface area contributed by atoms with Crippen molar-refractivity contribution in [1.29, 1.82) is 0 Å². The summed E-state index contributed by atoms with van der Waals surface area (Å²) in [6, 6.07) is 0. The monoisotopic (exact) mass is 213 g/mol. The van der Waals surface area contributed by atoms with Crippen molar-refractivity contribution in [2.24, 2.45) is 11.3 Å². The van der Waals surface area contributed by atoms with Gasteiger partial charge in [0, 0.05) is 18.3 Å². The van der Waals surface area contributed by atoms with Crippen molar-refractivity contribution >= 4 is 11.9 Å². The van der Waals surface area contributed by atoms with Crippen molar-refractivity contribution in [3.05, 3.63) is 0 Å². The molecule has 0 aromatic carbocycles. The predicted molar refractivity (Wildman–Crippen MR) is 64.4 cm³/mol. The Labute approximate surface area is 92.8 Å². The molecule has 2 aliphatic rings. The molecule has 1 aliphatic carbocycles. The zero-order valence-electron chi connectivity index (χ0n) is 9.75. The van der Waals surface area contributed by atoms with E-state index in [1.165, 1.54) is 38.8 Å². The molecule has 0 aromatic rings. The molecule has 1 nitrogen and oxygen atoms in total. The van der Waals surface area contributed by atoms with Crippen LogP contribution in [0.3, 0.4) is 0 Å². The molecule has 14 heavy (non-hydrogen) atoms. The van der Waals surface area contributed by atoms with Crippen molar-refractivity contribution < 1.29 is 0 Å². The Bertz CT molecular complexity index is 193. The fourth-order valence-electron chi connectivity index (χ4n) is 2.22. The van der Waals surface area contributed by atoms with Crippen LogP contribution in [0.15, 0.2) is 0 Å². The smallest absolute Gasteiger partial charge is 0.0195 e. The fourth-order valence-corrected chi connectivity index (χ4v) is 3.66. The molecule has 0 bridgehead atoms. The summed E-state index contributed by atoms with van der Waals surface area (Å²) in [5, 5.41) is 0.966. The molecule has 0 spiro atoms. The molecule has 1 saturated carbocycles. The van der Waals surface area contributed by atoms with Crippen LogP contribution in [-0.2, 0) is 0 Å². The molecule has 0 radical (unpaired) electrons. The summed E-state index contributed by atoms with van der Waals surface area (Å²) < 4.78 is 2.62. The molecule has 1 atom stereocenters. The van der Waals surface area contributed by atoms with Gasteiger partial charge in [-0.1, -0.05) is 39.1 Å². The van der Waals surface area contributed by atoms with Crippen LogP contribution in [0.2, 0.25) is 0 Å². The summed E-state index contributed by atoms with van der Waals surface area (Å²) >= 11 is 2.15. The minimum Gasteiger partial charge on any atom is -0.250 e. The highest BCUT2D eigenvalue weighted by Crippen LogP contribution is 2.40. The van der Waals surface area contributed by atoms with E-state index < -0.39 is 0 Å². The van der Waals surface area contributed by atoms with Gasteiger partial charge in [-0.25, -0.2) is 0 Å². The summed E-state index contributed by atoms with van der Waals surface area (Å²) in [7, 11) is 0. The molecule has 1 aliphatic heterocycles. The summed E-state index contributed by atoms with van der Waals surface area (Å²) in [5.74, 6) is 0.912. The molecule has 2 heteroatoms. The second kappa shape index (κ2) is 4.05. The average Bonchev–Trinajstić information content (AvgIpc) is 2.43. The van der Waals surface area contributed by atoms with Gasteiger partial charge in [0.2, 0.25) is 0 Å². The second-order valence-corrected chi connectivity index (χ2v) is 7.29. The van der Waals surface area contributed by atoms with Gasteiger partial charge in [0.15, 0.2) is 0 Å². The molecule has 82 valence electrons. The van der Waals surface area contributed by atoms with Gasteiger partial charge >= 0.3 is 0 Å². The molecule has 0 amide bonds. The third kappa shape index (κ3) is 2.46. The van der Waals surface area contributed by atoms with Gasteiger partial charge in [-0.15, -0.1) is 0 Å². The topological polar surface area (TPSA) is 3.24 Å². The van der Waals surface area contributed by atoms with Crippen molar-refractivity contribution in [3.8, 4) is 0 Å². The Morgan fingerprint density at radius 1 is 1.14 bits per heavy atom. The van der Waals surface area contributed by atoms with E-state index in [1.807, 2.05) is 0 Å². The van der Waals surface area contributed by atoms with Crippen LogP contribution >= 0.6 is 11.9 Å². The highest BCUT2D eigenvalue weighted by atomic mass is 32.2. The van der Waals surface area contributed by atoms with Crippen LogP contribution in [0.4, 0.5) is 0 Å². The van der Waals surface area contributed by atoms with E-state index in [0.717, 1.165) is 11.2 Å². The van der Waals surface area contributed by atoms with Gasteiger partial charge in [0.25, 0.3) is 0 Å². The van der Waals surface area contributed by atoms with Crippen LogP contribution in [0, 0.1) is 11.3 Å². The molecular formula is C12H23NS. The number of nitrogens with zero attached hydrogens (tertiary/aromatic N) is 1. The van der Waals surface area contributed by atoms with Crippen molar-refractivity contribution in [3.63, 3.8) is 0 Å². The Kier molecular flexibility index (Phi) is 3.13. The van der Waals surface area contributed by atoms with E-state index in [0.29, 0.717) is 5.41 Å². The summed E-state index contributed by atoms with van der Waals surface area (Å²) in [6.07, 6.45) is 5.79. The molecule has 2 fully saturated rings. The van der Waals surface area contributed by atoms with Gasteiger partial charge in [0.1, 0.15) is 0 Å². The first-order chi connectivity index (χ1) is 6.55. The molecule has 0 N–H and O–H groups in total. The lowest BCUT2D eigenvalue weighted by molar-refractivity contribution is 0.253. The average molecular weight is 213 g/mol. The highest BCUT2D eigenvalue weighted by Gasteiger charge is 2.33. The number of hydrogen-bond donors (Lipinski definition) is 0. The van der Waals surface area contributed by atoms with E-state index in [4.69, 9.17) is 0 Å². The van der Waals surface area contributed by atoms with Crippen molar-refractivity contribution in [1.82, 2.24) is 4.31 Å². The van der Waals surface area contributed by atoms with Gasteiger partial charge in [-0.3, -0.25) is 4.31 Å². The SMILES string of the molecule is CC(C)(C)C1CCN(SC2CCC2)C1. The van der Waals surface area contributed by atoms with Crippen molar-refractivity contribution in [2.75, 3.05) is 13.1 Å². The lowest BCUT2D eigenvalue weighted by Gasteiger charge is -2.30. The summed E-state index contributed by atoms with van der Waals surface area (Å²) in [6.45, 7) is 9.80. The molecule has 0 aromatic heterocycles. The van der Waals surface area contributed by atoms with Gasteiger partial charge in [0.05, 0.1) is 0 Å². The molecule has 2 rings (SSSR count). The summed E-state index contributed by atoms with van der Waals surface area (Å²) in [4.78, 5) is 0.